The molecular formula is C11H14Br2. The highest BCUT2D eigenvalue weighted by Crippen LogP contribution is 2.31. The normalized spacial score (nSPS) is 13.3. The molecule has 2 heteroatoms. The maximum absolute atomic E-state index is 3.59. The summed E-state index contributed by atoms with van der Waals surface area (Å²) in [5, 5.41) is 1.02. The molecule has 0 bridgehead atoms. The first-order valence-electron chi connectivity index (χ1n) is 4.47. The van der Waals surface area contributed by atoms with Crippen LogP contribution in [0.5, 0.6) is 0 Å². The van der Waals surface area contributed by atoms with E-state index in [2.05, 4.69) is 70.0 Å². The molecule has 0 saturated heterocycles. The molecule has 0 nitrogen and oxygen atoms in total. The molecule has 0 aliphatic rings. The van der Waals surface area contributed by atoms with Crippen LogP contribution in [-0.2, 0) is 0 Å². The Kier molecular flexibility index (Phi) is 4.47. The molecule has 1 atom stereocenters. The molecule has 0 aromatic heterocycles. The minimum absolute atomic E-state index is 0.593. The van der Waals surface area contributed by atoms with Crippen LogP contribution in [0.25, 0.3) is 0 Å². The average molecular weight is 306 g/mol. The third-order valence-corrected chi connectivity index (χ3v) is 3.70. The van der Waals surface area contributed by atoms with E-state index in [0.29, 0.717) is 11.8 Å². The summed E-state index contributed by atoms with van der Waals surface area (Å²) in [6.07, 6.45) is 0. The number of benzene rings is 1. The Morgan fingerprint density at radius 3 is 2.31 bits per heavy atom. The van der Waals surface area contributed by atoms with Crippen LogP contribution >= 0.6 is 31.9 Å². The van der Waals surface area contributed by atoms with Crippen LogP contribution in [0.3, 0.4) is 0 Å². The summed E-state index contributed by atoms with van der Waals surface area (Å²) in [6.45, 7) is 4.51. The predicted molar refractivity (Wildman–Crippen MR) is 65.5 cm³/mol. The van der Waals surface area contributed by atoms with E-state index in [9.17, 15) is 0 Å². The van der Waals surface area contributed by atoms with Crippen molar-refractivity contribution in [3.63, 3.8) is 0 Å². The summed E-state index contributed by atoms with van der Waals surface area (Å²) in [7, 11) is 0. The molecule has 0 fully saturated rings. The first-order chi connectivity index (χ1) is 6.16. The van der Waals surface area contributed by atoms with Gasteiger partial charge in [0.25, 0.3) is 0 Å². The largest absolute Gasteiger partial charge is 0.0921 e. The fourth-order valence-electron chi connectivity index (χ4n) is 1.40. The molecule has 0 aliphatic heterocycles. The van der Waals surface area contributed by atoms with Crippen molar-refractivity contribution >= 4 is 31.9 Å². The summed E-state index contributed by atoms with van der Waals surface area (Å²) in [4.78, 5) is 0. The van der Waals surface area contributed by atoms with E-state index in [0.717, 1.165) is 5.33 Å². The molecule has 0 amide bonds. The van der Waals surface area contributed by atoms with Crippen molar-refractivity contribution in [3.05, 3.63) is 34.3 Å². The summed E-state index contributed by atoms with van der Waals surface area (Å²) in [5.74, 6) is 1.26. The lowest BCUT2D eigenvalue weighted by atomic mass is 9.90. The van der Waals surface area contributed by atoms with Gasteiger partial charge in [0.2, 0.25) is 0 Å². The Morgan fingerprint density at radius 2 is 1.85 bits per heavy atom. The van der Waals surface area contributed by atoms with Crippen molar-refractivity contribution in [2.75, 3.05) is 5.33 Å². The van der Waals surface area contributed by atoms with Crippen LogP contribution < -0.4 is 0 Å². The SMILES string of the molecule is CC(C)C(CBr)c1ccccc1Br. The van der Waals surface area contributed by atoms with E-state index in [1.165, 1.54) is 10.0 Å². The Hall–Kier alpha value is 0.180. The zero-order chi connectivity index (χ0) is 9.84. The monoisotopic (exact) mass is 304 g/mol. The standard InChI is InChI=1S/C11H14Br2/c1-8(2)10(7-12)9-5-3-4-6-11(9)13/h3-6,8,10H,7H2,1-2H3. The fourth-order valence-corrected chi connectivity index (χ4v) is 3.07. The van der Waals surface area contributed by atoms with Crippen LogP contribution in [-0.4, -0.2) is 5.33 Å². The molecule has 0 saturated carbocycles. The van der Waals surface area contributed by atoms with Gasteiger partial charge in [0, 0.05) is 9.80 Å². The molecule has 0 N–H and O–H groups in total. The second-order valence-electron chi connectivity index (χ2n) is 3.53. The Bertz CT molecular complexity index is 269. The number of halogens is 2. The highest BCUT2D eigenvalue weighted by molar-refractivity contribution is 9.10. The van der Waals surface area contributed by atoms with Gasteiger partial charge in [-0.05, 0) is 23.5 Å². The zero-order valence-corrected chi connectivity index (χ0v) is 11.1. The van der Waals surface area contributed by atoms with E-state index < -0.39 is 0 Å². The van der Waals surface area contributed by atoms with Gasteiger partial charge in [-0.25, -0.2) is 0 Å². The van der Waals surface area contributed by atoms with E-state index in [4.69, 9.17) is 0 Å². The molecule has 1 unspecified atom stereocenters. The van der Waals surface area contributed by atoms with Crippen molar-refractivity contribution in [1.29, 1.82) is 0 Å². The second kappa shape index (κ2) is 5.16. The van der Waals surface area contributed by atoms with Gasteiger partial charge in [0.05, 0.1) is 0 Å². The van der Waals surface area contributed by atoms with Gasteiger partial charge in [0.15, 0.2) is 0 Å². The van der Waals surface area contributed by atoms with Gasteiger partial charge in [0.1, 0.15) is 0 Å². The minimum atomic E-state index is 0.593. The second-order valence-corrected chi connectivity index (χ2v) is 5.03. The Labute approximate surface area is 97.0 Å². The minimum Gasteiger partial charge on any atom is -0.0921 e. The fraction of sp³-hybridized carbons (Fsp3) is 0.455. The highest BCUT2D eigenvalue weighted by atomic mass is 79.9. The van der Waals surface area contributed by atoms with Crippen LogP contribution in [0.4, 0.5) is 0 Å². The number of hydrogen-bond acceptors (Lipinski definition) is 0. The molecule has 72 valence electrons. The summed E-state index contributed by atoms with van der Waals surface area (Å²) in [5.41, 5.74) is 1.40. The first-order valence-corrected chi connectivity index (χ1v) is 6.38. The summed E-state index contributed by atoms with van der Waals surface area (Å²) >= 11 is 7.15. The van der Waals surface area contributed by atoms with Gasteiger partial charge in [-0.2, -0.15) is 0 Å². The summed E-state index contributed by atoms with van der Waals surface area (Å²) in [6, 6.07) is 8.45. The van der Waals surface area contributed by atoms with Gasteiger partial charge < -0.3 is 0 Å². The lowest BCUT2D eigenvalue weighted by Gasteiger charge is -2.19. The molecular weight excluding hydrogens is 292 g/mol. The number of alkyl halides is 1. The molecule has 0 heterocycles. The van der Waals surface area contributed by atoms with Crippen molar-refractivity contribution in [2.24, 2.45) is 5.92 Å². The number of hydrogen-bond donors (Lipinski definition) is 0. The lowest BCUT2D eigenvalue weighted by Crippen LogP contribution is -2.08. The molecule has 1 aromatic carbocycles. The van der Waals surface area contributed by atoms with Crippen LogP contribution in [0, 0.1) is 5.92 Å². The number of rotatable bonds is 3. The van der Waals surface area contributed by atoms with Crippen LogP contribution in [0.1, 0.15) is 25.3 Å². The van der Waals surface area contributed by atoms with Gasteiger partial charge in [-0.1, -0.05) is 63.9 Å². The quantitative estimate of drug-likeness (QED) is 0.717. The predicted octanol–water partition coefficient (Wildman–Crippen LogP) is 4.58. The molecule has 0 radical (unpaired) electrons. The van der Waals surface area contributed by atoms with Gasteiger partial charge in [-0.3, -0.25) is 0 Å². The molecule has 1 rings (SSSR count). The maximum atomic E-state index is 3.59. The lowest BCUT2D eigenvalue weighted by molar-refractivity contribution is 0.543. The molecule has 13 heavy (non-hydrogen) atoms. The van der Waals surface area contributed by atoms with Crippen LogP contribution in [0.15, 0.2) is 28.7 Å². The maximum Gasteiger partial charge on any atom is 0.0210 e. The van der Waals surface area contributed by atoms with Crippen LogP contribution in [0.2, 0.25) is 0 Å². The Balaban J connectivity index is 2.97. The highest BCUT2D eigenvalue weighted by Gasteiger charge is 2.16. The van der Waals surface area contributed by atoms with E-state index >= 15 is 0 Å². The topological polar surface area (TPSA) is 0 Å². The van der Waals surface area contributed by atoms with Crippen molar-refractivity contribution in [1.82, 2.24) is 0 Å². The third-order valence-electron chi connectivity index (χ3n) is 2.28. The van der Waals surface area contributed by atoms with E-state index in [1.807, 2.05) is 0 Å². The first kappa shape index (κ1) is 11.3. The van der Waals surface area contributed by atoms with E-state index in [-0.39, 0.29) is 0 Å². The van der Waals surface area contributed by atoms with Crippen molar-refractivity contribution in [2.45, 2.75) is 19.8 Å². The van der Waals surface area contributed by atoms with Crippen molar-refractivity contribution in [3.8, 4) is 0 Å². The average Bonchev–Trinajstić information content (AvgIpc) is 2.09. The molecule has 0 aliphatic carbocycles. The summed E-state index contributed by atoms with van der Waals surface area (Å²) < 4.78 is 1.22. The van der Waals surface area contributed by atoms with Gasteiger partial charge in [-0.15, -0.1) is 0 Å². The third kappa shape index (κ3) is 2.81. The van der Waals surface area contributed by atoms with E-state index in [1.54, 1.807) is 0 Å². The zero-order valence-electron chi connectivity index (χ0n) is 7.93. The molecule has 0 spiro atoms. The molecule has 1 aromatic rings. The smallest absolute Gasteiger partial charge is 0.0210 e. The Morgan fingerprint density at radius 1 is 1.23 bits per heavy atom. The van der Waals surface area contributed by atoms with Gasteiger partial charge >= 0.3 is 0 Å². The van der Waals surface area contributed by atoms with Crippen molar-refractivity contribution < 1.29 is 0 Å².